The molecular formula is C26H19ClN2O4. The Morgan fingerprint density at radius 1 is 0.879 bits per heavy atom. The summed E-state index contributed by atoms with van der Waals surface area (Å²) < 4.78 is 10.8. The highest BCUT2D eigenvalue weighted by Gasteiger charge is 2.15. The average molecular weight is 459 g/mol. The summed E-state index contributed by atoms with van der Waals surface area (Å²) in [6.45, 7) is 0. The van der Waals surface area contributed by atoms with Gasteiger partial charge in [0, 0.05) is 5.56 Å². The molecule has 7 heteroatoms. The van der Waals surface area contributed by atoms with Crippen molar-refractivity contribution in [2.24, 2.45) is 5.10 Å². The van der Waals surface area contributed by atoms with Crippen molar-refractivity contribution in [2.45, 2.75) is 0 Å². The van der Waals surface area contributed by atoms with Gasteiger partial charge in [-0.15, -0.1) is 0 Å². The number of hydrazone groups is 1. The van der Waals surface area contributed by atoms with Crippen LogP contribution >= 0.6 is 11.6 Å². The number of amides is 1. The third-order valence-electron chi connectivity index (χ3n) is 4.90. The van der Waals surface area contributed by atoms with Gasteiger partial charge >= 0.3 is 5.97 Å². The molecule has 4 rings (SSSR count). The minimum Gasteiger partial charge on any atom is -0.493 e. The quantitative estimate of drug-likeness (QED) is 0.179. The van der Waals surface area contributed by atoms with Gasteiger partial charge in [-0.2, -0.15) is 5.10 Å². The van der Waals surface area contributed by atoms with Gasteiger partial charge < -0.3 is 9.47 Å². The molecule has 0 radical (unpaired) electrons. The van der Waals surface area contributed by atoms with Crippen LogP contribution in [0.2, 0.25) is 5.02 Å². The van der Waals surface area contributed by atoms with Crippen LogP contribution in [-0.2, 0) is 0 Å². The molecule has 0 bridgehead atoms. The second kappa shape index (κ2) is 9.97. The van der Waals surface area contributed by atoms with Gasteiger partial charge in [0.15, 0.2) is 11.5 Å². The maximum absolute atomic E-state index is 12.6. The van der Waals surface area contributed by atoms with Crippen molar-refractivity contribution >= 4 is 40.5 Å². The van der Waals surface area contributed by atoms with E-state index in [9.17, 15) is 9.59 Å². The molecular weight excluding hydrogens is 440 g/mol. The van der Waals surface area contributed by atoms with Crippen LogP contribution in [0.1, 0.15) is 26.3 Å². The van der Waals surface area contributed by atoms with Crippen LogP contribution in [0.15, 0.2) is 90.0 Å². The van der Waals surface area contributed by atoms with E-state index in [1.165, 1.54) is 13.3 Å². The molecule has 0 fully saturated rings. The third-order valence-corrected chi connectivity index (χ3v) is 5.23. The number of benzene rings is 4. The topological polar surface area (TPSA) is 77.0 Å². The van der Waals surface area contributed by atoms with Crippen LogP contribution in [0.4, 0.5) is 0 Å². The van der Waals surface area contributed by atoms with Crippen LogP contribution in [-0.4, -0.2) is 25.2 Å². The van der Waals surface area contributed by atoms with Gasteiger partial charge in [-0.05, 0) is 52.7 Å². The zero-order valence-corrected chi connectivity index (χ0v) is 18.4. The minimum absolute atomic E-state index is 0.236. The fraction of sp³-hybridized carbons (Fsp3) is 0.0385. The van der Waals surface area contributed by atoms with Crippen molar-refractivity contribution in [2.75, 3.05) is 7.11 Å². The number of nitrogens with one attached hydrogen (secondary N) is 1. The lowest BCUT2D eigenvalue weighted by atomic mass is 10.0. The Kier molecular flexibility index (Phi) is 6.66. The standard InChI is InChI=1S/C26H19ClN2O4/c1-32-24-15-17(13-14-23(24)33-26(31)21-10-4-5-12-22(21)27)16-28-29-25(30)20-11-6-8-18-7-2-3-9-19(18)20/h2-16H,1H3,(H,29,30)/b28-16+. The summed E-state index contributed by atoms with van der Waals surface area (Å²) in [6.07, 6.45) is 1.48. The van der Waals surface area contributed by atoms with Gasteiger partial charge in [-0.1, -0.05) is 60.1 Å². The zero-order valence-electron chi connectivity index (χ0n) is 17.6. The highest BCUT2D eigenvalue weighted by atomic mass is 35.5. The number of hydrogen-bond donors (Lipinski definition) is 1. The predicted octanol–water partition coefficient (Wildman–Crippen LogP) is 5.48. The molecule has 0 heterocycles. The maximum atomic E-state index is 12.6. The Morgan fingerprint density at radius 3 is 2.42 bits per heavy atom. The molecule has 0 aromatic heterocycles. The van der Waals surface area contributed by atoms with Crippen molar-refractivity contribution in [1.29, 1.82) is 0 Å². The number of fused-ring (bicyclic) bond motifs is 1. The first-order chi connectivity index (χ1) is 16.1. The Morgan fingerprint density at radius 2 is 1.61 bits per heavy atom. The van der Waals surface area contributed by atoms with Crippen LogP contribution in [0.25, 0.3) is 10.8 Å². The Hall–Kier alpha value is -4.16. The third kappa shape index (κ3) is 5.02. The van der Waals surface area contributed by atoms with Crippen LogP contribution in [0.5, 0.6) is 11.5 Å². The highest BCUT2D eigenvalue weighted by Crippen LogP contribution is 2.29. The molecule has 164 valence electrons. The van der Waals surface area contributed by atoms with E-state index in [4.69, 9.17) is 21.1 Å². The Balaban J connectivity index is 1.47. The van der Waals surface area contributed by atoms with Gasteiger partial charge in [-0.25, -0.2) is 10.2 Å². The van der Waals surface area contributed by atoms with E-state index in [0.29, 0.717) is 21.9 Å². The normalized spacial score (nSPS) is 10.8. The van der Waals surface area contributed by atoms with E-state index in [-0.39, 0.29) is 17.2 Å². The Labute approximate surface area is 195 Å². The molecule has 33 heavy (non-hydrogen) atoms. The van der Waals surface area contributed by atoms with Gasteiger partial charge in [0.25, 0.3) is 5.91 Å². The molecule has 0 spiro atoms. The SMILES string of the molecule is COc1cc(/C=N/NC(=O)c2cccc3ccccc23)ccc1OC(=O)c1ccccc1Cl. The van der Waals surface area contributed by atoms with E-state index in [2.05, 4.69) is 10.5 Å². The number of hydrogen-bond acceptors (Lipinski definition) is 5. The monoisotopic (exact) mass is 458 g/mol. The second-order valence-corrected chi connectivity index (χ2v) is 7.41. The van der Waals surface area contributed by atoms with Crippen molar-refractivity contribution in [1.82, 2.24) is 5.43 Å². The molecule has 6 nitrogen and oxygen atoms in total. The fourth-order valence-electron chi connectivity index (χ4n) is 3.28. The number of halogens is 1. The van der Waals surface area contributed by atoms with Gasteiger partial charge in [0.05, 0.1) is 23.9 Å². The summed E-state index contributed by atoms with van der Waals surface area (Å²) in [4.78, 5) is 25.0. The molecule has 1 N–H and O–H groups in total. The molecule has 0 aliphatic rings. The maximum Gasteiger partial charge on any atom is 0.345 e. The Bertz CT molecular complexity index is 1360. The number of ether oxygens (including phenoxy) is 2. The molecule has 0 atom stereocenters. The summed E-state index contributed by atoms with van der Waals surface area (Å²) in [5.74, 6) is -0.345. The smallest absolute Gasteiger partial charge is 0.345 e. The van der Waals surface area contributed by atoms with Gasteiger partial charge in [0.1, 0.15) is 0 Å². The molecule has 0 aliphatic heterocycles. The predicted molar refractivity (Wildman–Crippen MR) is 128 cm³/mol. The van der Waals surface area contributed by atoms with Crippen molar-refractivity contribution < 1.29 is 19.1 Å². The van der Waals surface area contributed by atoms with Gasteiger partial charge in [-0.3, -0.25) is 4.79 Å². The first kappa shape index (κ1) is 22.0. The zero-order chi connectivity index (χ0) is 23.2. The lowest BCUT2D eigenvalue weighted by Crippen LogP contribution is -2.17. The molecule has 4 aromatic rings. The summed E-state index contributed by atoms with van der Waals surface area (Å²) in [5.41, 5.74) is 3.97. The minimum atomic E-state index is -0.595. The molecule has 1 amide bonds. The number of rotatable bonds is 6. The van der Waals surface area contributed by atoms with Gasteiger partial charge in [0.2, 0.25) is 0 Å². The summed E-state index contributed by atoms with van der Waals surface area (Å²) in [6, 6.07) is 24.7. The number of carbonyl (C=O) groups excluding carboxylic acids is 2. The van der Waals surface area contributed by atoms with E-state index < -0.39 is 5.97 Å². The largest absolute Gasteiger partial charge is 0.493 e. The summed E-state index contributed by atoms with van der Waals surface area (Å²) in [5, 5.41) is 6.16. The first-order valence-corrected chi connectivity index (χ1v) is 10.4. The molecule has 0 unspecified atom stereocenters. The summed E-state index contributed by atoms with van der Waals surface area (Å²) >= 11 is 6.06. The molecule has 4 aromatic carbocycles. The number of esters is 1. The van der Waals surface area contributed by atoms with Crippen LogP contribution in [0, 0.1) is 0 Å². The lowest BCUT2D eigenvalue weighted by molar-refractivity contribution is 0.0729. The number of carbonyl (C=O) groups is 2. The van der Waals surface area contributed by atoms with E-state index in [1.54, 1.807) is 48.5 Å². The van der Waals surface area contributed by atoms with E-state index >= 15 is 0 Å². The highest BCUT2D eigenvalue weighted by molar-refractivity contribution is 6.33. The fourth-order valence-corrected chi connectivity index (χ4v) is 3.49. The average Bonchev–Trinajstić information content (AvgIpc) is 2.84. The van der Waals surface area contributed by atoms with Crippen LogP contribution < -0.4 is 14.9 Å². The number of nitrogens with zero attached hydrogens (tertiary/aromatic N) is 1. The molecule has 0 aliphatic carbocycles. The van der Waals surface area contributed by atoms with Crippen molar-refractivity contribution in [3.05, 3.63) is 107 Å². The van der Waals surface area contributed by atoms with Crippen molar-refractivity contribution in [3.63, 3.8) is 0 Å². The van der Waals surface area contributed by atoms with E-state index in [0.717, 1.165) is 10.8 Å². The molecule has 0 saturated carbocycles. The van der Waals surface area contributed by atoms with E-state index in [1.807, 2.05) is 36.4 Å². The number of methoxy groups -OCH3 is 1. The first-order valence-electron chi connectivity index (χ1n) is 10.0. The van der Waals surface area contributed by atoms with Crippen molar-refractivity contribution in [3.8, 4) is 11.5 Å². The second-order valence-electron chi connectivity index (χ2n) is 7.01. The van der Waals surface area contributed by atoms with Crippen LogP contribution in [0.3, 0.4) is 0 Å². The molecule has 0 saturated heterocycles. The summed E-state index contributed by atoms with van der Waals surface area (Å²) in [7, 11) is 1.46. The lowest BCUT2D eigenvalue weighted by Gasteiger charge is -2.10.